The van der Waals surface area contributed by atoms with Crippen molar-refractivity contribution in [3.05, 3.63) is 126 Å². The Hall–Kier alpha value is -2.63. The highest BCUT2D eigenvalue weighted by atomic mass is 32.2. The number of thioether (sulfide) groups is 1. The fourth-order valence-corrected chi connectivity index (χ4v) is 6.17. The predicted molar refractivity (Wildman–Crippen MR) is 185 cm³/mol. The maximum atomic E-state index is 6.66. The van der Waals surface area contributed by atoms with Crippen molar-refractivity contribution in [1.29, 1.82) is 0 Å². The van der Waals surface area contributed by atoms with Gasteiger partial charge in [-0.15, -0.1) is 11.8 Å². The number of ether oxygens (including phenoxy) is 2. The van der Waals surface area contributed by atoms with Crippen molar-refractivity contribution in [1.82, 2.24) is 0 Å². The van der Waals surface area contributed by atoms with E-state index in [0.29, 0.717) is 25.1 Å². The Balaban J connectivity index is 1.60. The molecule has 0 heterocycles. The zero-order chi connectivity index (χ0) is 30.4. The van der Waals surface area contributed by atoms with E-state index in [-0.39, 0.29) is 12.1 Å². The van der Waals surface area contributed by atoms with Gasteiger partial charge >= 0.3 is 0 Å². The van der Waals surface area contributed by atoms with Crippen molar-refractivity contribution in [3.8, 4) is 0 Å². The van der Waals surface area contributed by atoms with Crippen LogP contribution in [0.25, 0.3) is 0 Å². The third-order valence-electron chi connectivity index (χ3n) is 7.50. The van der Waals surface area contributed by atoms with E-state index in [1.54, 1.807) is 0 Å². The molecule has 0 amide bonds. The molecule has 3 rings (SSSR count). The molecule has 1 unspecified atom stereocenters. The lowest BCUT2D eigenvalue weighted by Gasteiger charge is -2.22. The van der Waals surface area contributed by atoms with E-state index in [2.05, 4.69) is 86.7 Å². The molecule has 3 aromatic carbocycles. The van der Waals surface area contributed by atoms with Gasteiger partial charge in [0.15, 0.2) is 0 Å². The van der Waals surface area contributed by atoms with Gasteiger partial charge in [-0.3, -0.25) is 0 Å². The maximum Gasteiger partial charge on any atom is 0.0933 e. The van der Waals surface area contributed by atoms with Crippen LogP contribution in [0.3, 0.4) is 0 Å². The van der Waals surface area contributed by atoms with E-state index < -0.39 is 0 Å². The van der Waals surface area contributed by atoms with Gasteiger partial charge in [0.2, 0.25) is 0 Å². The number of rotatable bonds is 22. The third-order valence-corrected chi connectivity index (χ3v) is 8.67. The normalized spacial score (nSPS) is 14.2. The Kier molecular flexibility index (Phi) is 17.8. The molecule has 0 bridgehead atoms. The van der Waals surface area contributed by atoms with Gasteiger partial charge in [-0.2, -0.15) is 0 Å². The second-order valence-electron chi connectivity index (χ2n) is 11.4. The number of benzene rings is 3. The molecule has 0 radical (unpaired) electrons. The van der Waals surface area contributed by atoms with Crippen LogP contribution in [0.15, 0.2) is 120 Å². The lowest BCUT2D eigenvalue weighted by Crippen LogP contribution is -2.39. The molecule has 0 aromatic heterocycles. The molecule has 2 N–H and O–H groups in total. The summed E-state index contributed by atoms with van der Waals surface area (Å²) in [6.45, 7) is 6.06. The first kappa shape index (κ1) is 34.9. The number of allylic oxidation sites excluding steroid dienone is 2. The maximum absolute atomic E-state index is 6.66. The average molecular weight is 600 g/mol. The smallest absolute Gasteiger partial charge is 0.0933 e. The topological polar surface area (TPSA) is 44.5 Å². The van der Waals surface area contributed by atoms with Crippen LogP contribution in [0, 0.1) is 0 Å². The SMILES string of the molecule is CCCCCCCCC/C(C)=C/C(C/C=C/[C@@H](OCc1ccccc1)[C@@H](N)COCc1ccccc1)Sc1ccccc1. The van der Waals surface area contributed by atoms with E-state index in [1.807, 2.05) is 48.2 Å². The van der Waals surface area contributed by atoms with Crippen LogP contribution in [0.2, 0.25) is 0 Å². The second kappa shape index (κ2) is 22.0. The first-order valence-corrected chi connectivity index (χ1v) is 17.1. The van der Waals surface area contributed by atoms with Crippen LogP contribution in [0.4, 0.5) is 0 Å². The zero-order valence-electron chi connectivity index (χ0n) is 26.4. The fraction of sp³-hybridized carbons (Fsp3) is 0.436. The Morgan fingerprint density at radius 1 is 0.767 bits per heavy atom. The zero-order valence-corrected chi connectivity index (χ0v) is 27.2. The quantitative estimate of drug-likeness (QED) is 0.0709. The van der Waals surface area contributed by atoms with Gasteiger partial charge in [0, 0.05) is 10.1 Å². The van der Waals surface area contributed by atoms with Crippen molar-refractivity contribution in [3.63, 3.8) is 0 Å². The molecule has 0 saturated carbocycles. The molecule has 3 atom stereocenters. The summed E-state index contributed by atoms with van der Waals surface area (Å²) < 4.78 is 12.4. The molecular weight excluding hydrogens is 547 g/mol. The van der Waals surface area contributed by atoms with Crippen LogP contribution >= 0.6 is 11.8 Å². The molecule has 0 saturated heterocycles. The molecule has 0 aliphatic rings. The Labute approximate surface area is 266 Å². The molecule has 0 fully saturated rings. The van der Waals surface area contributed by atoms with Crippen LogP contribution in [0.1, 0.15) is 82.8 Å². The van der Waals surface area contributed by atoms with Gasteiger partial charge in [0.05, 0.1) is 32.0 Å². The summed E-state index contributed by atoms with van der Waals surface area (Å²) in [6.07, 6.45) is 18.1. The van der Waals surface area contributed by atoms with E-state index in [9.17, 15) is 0 Å². The number of hydrogen-bond donors (Lipinski definition) is 1. The molecule has 0 aliphatic heterocycles. The van der Waals surface area contributed by atoms with Crippen molar-refractivity contribution in [2.24, 2.45) is 5.73 Å². The van der Waals surface area contributed by atoms with Gasteiger partial charge in [0.1, 0.15) is 0 Å². The summed E-state index contributed by atoms with van der Waals surface area (Å²) in [5.41, 5.74) is 10.4. The lowest BCUT2D eigenvalue weighted by molar-refractivity contribution is 0.0184. The number of hydrogen-bond acceptors (Lipinski definition) is 4. The number of unbranched alkanes of at least 4 members (excludes halogenated alkanes) is 6. The molecule has 3 nitrogen and oxygen atoms in total. The molecule has 0 aliphatic carbocycles. The van der Waals surface area contributed by atoms with Crippen LogP contribution in [-0.4, -0.2) is 24.0 Å². The second-order valence-corrected chi connectivity index (χ2v) is 12.8. The summed E-state index contributed by atoms with van der Waals surface area (Å²) >= 11 is 1.93. The van der Waals surface area contributed by atoms with Crippen LogP contribution in [0.5, 0.6) is 0 Å². The van der Waals surface area contributed by atoms with Crippen molar-refractivity contribution in [2.45, 2.75) is 107 Å². The van der Waals surface area contributed by atoms with Gasteiger partial charge < -0.3 is 15.2 Å². The Morgan fingerprint density at radius 2 is 1.35 bits per heavy atom. The highest BCUT2D eigenvalue weighted by Crippen LogP contribution is 2.28. The van der Waals surface area contributed by atoms with Gasteiger partial charge in [-0.05, 0) is 49.4 Å². The average Bonchev–Trinajstić information content (AvgIpc) is 3.03. The summed E-state index contributed by atoms with van der Waals surface area (Å²) in [5, 5.41) is 0.350. The summed E-state index contributed by atoms with van der Waals surface area (Å²) in [5.74, 6) is 0. The third kappa shape index (κ3) is 15.6. The standard InChI is InChI=1S/C39H53NO2S/c1-3-4-5-6-7-8-12-20-33(2)29-37(43-36-25-17-11-18-26-36)27-19-28-39(42-31-35-23-15-10-16-24-35)38(40)32-41-30-34-21-13-9-14-22-34/h9-11,13-19,21-26,28-29,37-39H,3-8,12,20,27,30-32,40H2,1-2H3/b28-19+,33-29+/t37?,38-,39+/m0/s1. The molecule has 4 heteroatoms. The van der Waals surface area contributed by atoms with E-state index >= 15 is 0 Å². The van der Waals surface area contributed by atoms with Gasteiger partial charge in [0.25, 0.3) is 0 Å². The van der Waals surface area contributed by atoms with E-state index in [0.717, 1.165) is 17.5 Å². The molecule has 0 spiro atoms. The van der Waals surface area contributed by atoms with Gasteiger partial charge in [-0.1, -0.05) is 148 Å². The van der Waals surface area contributed by atoms with Crippen molar-refractivity contribution in [2.75, 3.05) is 6.61 Å². The van der Waals surface area contributed by atoms with Crippen LogP contribution in [-0.2, 0) is 22.7 Å². The van der Waals surface area contributed by atoms with Crippen molar-refractivity contribution >= 4 is 11.8 Å². The summed E-state index contributed by atoms with van der Waals surface area (Å²) in [6, 6.07) is 31.0. The largest absolute Gasteiger partial charge is 0.375 e. The lowest BCUT2D eigenvalue weighted by atomic mass is 10.0. The molecule has 43 heavy (non-hydrogen) atoms. The fourth-order valence-electron chi connectivity index (χ4n) is 5.00. The minimum absolute atomic E-state index is 0.240. The molecular formula is C39H53NO2S. The van der Waals surface area contributed by atoms with E-state index in [4.69, 9.17) is 15.2 Å². The molecule has 232 valence electrons. The molecule has 3 aromatic rings. The first-order valence-electron chi connectivity index (χ1n) is 16.2. The minimum Gasteiger partial charge on any atom is -0.375 e. The highest BCUT2D eigenvalue weighted by Gasteiger charge is 2.17. The number of nitrogens with two attached hydrogens (primary N) is 1. The first-order chi connectivity index (χ1) is 21.1. The Bertz CT molecular complexity index is 1150. The highest BCUT2D eigenvalue weighted by molar-refractivity contribution is 8.00. The monoisotopic (exact) mass is 599 g/mol. The Morgan fingerprint density at radius 3 is 2.00 bits per heavy atom. The minimum atomic E-state index is -0.265. The van der Waals surface area contributed by atoms with E-state index in [1.165, 1.54) is 61.8 Å². The van der Waals surface area contributed by atoms with Crippen molar-refractivity contribution < 1.29 is 9.47 Å². The van der Waals surface area contributed by atoms with Gasteiger partial charge in [-0.25, -0.2) is 0 Å². The predicted octanol–water partition coefficient (Wildman–Crippen LogP) is 10.3. The summed E-state index contributed by atoms with van der Waals surface area (Å²) in [4.78, 5) is 1.30. The summed E-state index contributed by atoms with van der Waals surface area (Å²) in [7, 11) is 0. The van der Waals surface area contributed by atoms with Crippen LogP contribution < -0.4 is 5.73 Å².